The predicted octanol–water partition coefficient (Wildman–Crippen LogP) is 3.54. The topological polar surface area (TPSA) is 44.8 Å². The lowest BCUT2D eigenvalue weighted by molar-refractivity contribution is -0.137. The number of hydrogen-bond acceptors (Lipinski definition) is 3. The Kier molecular flexibility index (Phi) is 6.92. The van der Waals surface area contributed by atoms with Crippen LogP contribution >= 0.6 is 11.6 Å². The first kappa shape index (κ1) is 19.8. The molecular formula is C16H21ClF3N3O2. The molecule has 0 aromatic heterocycles. The highest BCUT2D eigenvalue weighted by Crippen LogP contribution is 2.33. The van der Waals surface area contributed by atoms with Gasteiger partial charge in [-0.1, -0.05) is 11.6 Å². The molecule has 140 valence electrons. The van der Waals surface area contributed by atoms with Crippen molar-refractivity contribution in [2.24, 2.45) is 0 Å². The van der Waals surface area contributed by atoms with Crippen LogP contribution < -0.4 is 5.32 Å². The van der Waals surface area contributed by atoms with Crippen molar-refractivity contribution >= 4 is 23.3 Å². The van der Waals surface area contributed by atoms with Crippen molar-refractivity contribution in [1.29, 1.82) is 0 Å². The van der Waals surface area contributed by atoms with Crippen molar-refractivity contribution in [3.8, 4) is 0 Å². The van der Waals surface area contributed by atoms with Gasteiger partial charge in [0.1, 0.15) is 0 Å². The first-order valence-electron chi connectivity index (χ1n) is 7.95. The minimum atomic E-state index is -4.49. The monoisotopic (exact) mass is 379 g/mol. The fourth-order valence-electron chi connectivity index (χ4n) is 2.60. The van der Waals surface area contributed by atoms with Crippen molar-refractivity contribution in [3.63, 3.8) is 0 Å². The summed E-state index contributed by atoms with van der Waals surface area (Å²) < 4.78 is 43.4. The third-order valence-corrected chi connectivity index (χ3v) is 4.35. The highest BCUT2D eigenvalue weighted by Gasteiger charge is 2.31. The van der Waals surface area contributed by atoms with E-state index >= 15 is 0 Å². The molecule has 0 aliphatic carbocycles. The molecule has 2 rings (SSSR count). The van der Waals surface area contributed by atoms with Gasteiger partial charge in [-0.25, -0.2) is 4.79 Å². The van der Waals surface area contributed by atoms with E-state index in [1.807, 2.05) is 0 Å². The average Bonchev–Trinajstić information content (AvgIpc) is 2.56. The lowest BCUT2D eigenvalue weighted by atomic mass is 10.2. The normalized spacial score (nSPS) is 16.1. The van der Waals surface area contributed by atoms with Crippen molar-refractivity contribution in [2.75, 3.05) is 51.8 Å². The van der Waals surface area contributed by atoms with E-state index in [4.69, 9.17) is 16.3 Å². The molecule has 0 atom stereocenters. The number of benzene rings is 1. The van der Waals surface area contributed by atoms with Gasteiger partial charge in [-0.15, -0.1) is 0 Å². The van der Waals surface area contributed by atoms with Crippen LogP contribution in [-0.4, -0.2) is 62.3 Å². The number of urea groups is 1. The largest absolute Gasteiger partial charge is 0.416 e. The van der Waals surface area contributed by atoms with Gasteiger partial charge < -0.3 is 15.0 Å². The molecule has 1 N–H and O–H groups in total. The highest BCUT2D eigenvalue weighted by molar-refractivity contribution is 6.33. The molecule has 0 spiro atoms. The van der Waals surface area contributed by atoms with Crippen LogP contribution in [0.2, 0.25) is 5.02 Å². The summed E-state index contributed by atoms with van der Waals surface area (Å²) in [5.41, 5.74) is -0.890. The van der Waals surface area contributed by atoms with Crippen molar-refractivity contribution in [2.45, 2.75) is 12.6 Å². The summed E-state index contributed by atoms with van der Waals surface area (Å²) in [5.74, 6) is 0. The van der Waals surface area contributed by atoms with Crippen molar-refractivity contribution < 1.29 is 22.7 Å². The summed E-state index contributed by atoms with van der Waals surface area (Å²) in [5, 5.41) is 2.55. The number of nitrogens with one attached hydrogen (secondary N) is 1. The second kappa shape index (κ2) is 8.73. The van der Waals surface area contributed by atoms with Crippen LogP contribution in [0.5, 0.6) is 0 Å². The molecule has 1 heterocycles. The van der Waals surface area contributed by atoms with Gasteiger partial charge >= 0.3 is 12.2 Å². The number of ether oxygens (including phenoxy) is 1. The molecule has 1 aliphatic heterocycles. The molecular weight excluding hydrogens is 359 g/mol. The Bertz CT molecular complexity index is 590. The van der Waals surface area contributed by atoms with Crippen LogP contribution in [0.25, 0.3) is 0 Å². The van der Waals surface area contributed by atoms with Gasteiger partial charge in [0.25, 0.3) is 0 Å². The Morgan fingerprint density at radius 1 is 1.28 bits per heavy atom. The maximum Gasteiger partial charge on any atom is 0.416 e. The maximum absolute atomic E-state index is 12.8. The SMILES string of the molecule is COCCCN1CCN(C(=O)Nc2cc(C(F)(F)F)ccc2Cl)CC1. The number of hydrogen-bond donors (Lipinski definition) is 1. The summed E-state index contributed by atoms with van der Waals surface area (Å²) in [6, 6.07) is 2.42. The molecule has 1 fully saturated rings. The minimum absolute atomic E-state index is 0.0379. The Labute approximate surface area is 149 Å². The van der Waals surface area contributed by atoms with E-state index in [-0.39, 0.29) is 10.7 Å². The molecule has 0 bridgehead atoms. The van der Waals surface area contributed by atoms with Crippen LogP contribution in [0.1, 0.15) is 12.0 Å². The van der Waals surface area contributed by atoms with Gasteiger partial charge in [-0.2, -0.15) is 13.2 Å². The lowest BCUT2D eigenvalue weighted by Crippen LogP contribution is -2.50. The van der Waals surface area contributed by atoms with Crippen molar-refractivity contribution in [3.05, 3.63) is 28.8 Å². The zero-order valence-electron chi connectivity index (χ0n) is 13.9. The number of piperazine rings is 1. The Morgan fingerprint density at radius 2 is 1.96 bits per heavy atom. The third-order valence-electron chi connectivity index (χ3n) is 4.02. The lowest BCUT2D eigenvalue weighted by Gasteiger charge is -2.34. The Morgan fingerprint density at radius 3 is 2.56 bits per heavy atom. The molecule has 25 heavy (non-hydrogen) atoms. The molecule has 9 heteroatoms. The van der Waals surface area contributed by atoms with E-state index in [0.29, 0.717) is 32.8 Å². The number of carbonyl (C=O) groups is 1. The molecule has 1 aliphatic rings. The third kappa shape index (κ3) is 5.76. The molecule has 2 amide bonds. The number of amides is 2. The summed E-state index contributed by atoms with van der Waals surface area (Å²) >= 11 is 5.90. The van der Waals surface area contributed by atoms with Crippen LogP contribution in [0, 0.1) is 0 Å². The molecule has 5 nitrogen and oxygen atoms in total. The van der Waals surface area contributed by atoms with Crippen LogP contribution in [0.15, 0.2) is 18.2 Å². The second-order valence-electron chi connectivity index (χ2n) is 5.80. The zero-order valence-corrected chi connectivity index (χ0v) is 14.7. The van der Waals surface area contributed by atoms with E-state index in [0.717, 1.165) is 31.2 Å². The quantitative estimate of drug-likeness (QED) is 0.796. The van der Waals surface area contributed by atoms with Gasteiger partial charge in [0.2, 0.25) is 0 Å². The molecule has 1 aromatic rings. The average molecular weight is 380 g/mol. The van der Waals surface area contributed by atoms with Gasteiger partial charge in [0.15, 0.2) is 0 Å². The number of methoxy groups -OCH3 is 1. The molecule has 0 saturated carbocycles. The molecule has 0 radical (unpaired) electrons. The van der Waals surface area contributed by atoms with Gasteiger partial charge in [0, 0.05) is 46.4 Å². The van der Waals surface area contributed by atoms with E-state index in [1.54, 1.807) is 12.0 Å². The number of halogens is 4. The summed E-state index contributed by atoms with van der Waals surface area (Å²) in [4.78, 5) is 16.1. The first-order valence-corrected chi connectivity index (χ1v) is 8.33. The Hall–Kier alpha value is -1.51. The van der Waals surface area contributed by atoms with Gasteiger partial charge in [-0.3, -0.25) is 4.90 Å². The molecule has 1 saturated heterocycles. The fourth-order valence-corrected chi connectivity index (χ4v) is 2.76. The summed E-state index contributed by atoms with van der Waals surface area (Å²) in [7, 11) is 1.65. The number of rotatable bonds is 5. The van der Waals surface area contributed by atoms with Gasteiger partial charge in [0.05, 0.1) is 16.3 Å². The summed E-state index contributed by atoms with van der Waals surface area (Å²) in [6.45, 7) is 4.03. The van der Waals surface area contributed by atoms with Crippen molar-refractivity contribution in [1.82, 2.24) is 9.80 Å². The van der Waals surface area contributed by atoms with E-state index < -0.39 is 17.8 Å². The first-order chi connectivity index (χ1) is 11.8. The number of alkyl halides is 3. The highest BCUT2D eigenvalue weighted by atomic mass is 35.5. The summed E-state index contributed by atoms with van der Waals surface area (Å²) in [6.07, 6.45) is -3.57. The Balaban J connectivity index is 1.91. The van der Waals surface area contributed by atoms with E-state index in [2.05, 4.69) is 10.2 Å². The van der Waals surface area contributed by atoms with E-state index in [9.17, 15) is 18.0 Å². The number of carbonyl (C=O) groups excluding carboxylic acids is 1. The molecule has 1 aromatic carbocycles. The standard InChI is InChI=1S/C16H21ClF3N3O2/c1-25-10-2-5-22-6-8-23(9-7-22)15(24)21-14-11-12(16(18,19)20)3-4-13(14)17/h3-4,11H,2,5-10H2,1H3,(H,21,24). The maximum atomic E-state index is 12.8. The van der Waals surface area contributed by atoms with Crippen LogP contribution in [0.3, 0.4) is 0 Å². The zero-order chi connectivity index (χ0) is 18.4. The predicted molar refractivity (Wildman–Crippen MR) is 90.0 cm³/mol. The van der Waals surface area contributed by atoms with Crippen LogP contribution in [-0.2, 0) is 10.9 Å². The smallest absolute Gasteiger partial charge is 0.385 e. The second-order valence-corrected chi connectivity index (χ2v) is 6.20. The number of nitrogens with zero attached hydrogens (tertiary/aromatic N) is 2. The van der Waals surface area contributed by atoms with Crippen LogP contribution in [0.4, 0.5) is 23.7 Å². The minimum Gasteiger partial charge on any atom is -0.385 e. The van der Waals surface area contributed by atoms with E-state index in [1.165, 1.54) is 0 Å². The number of anilines is 1. The molecule has 0 unspecified atom stereocenters. The fraction of sp³-hybridized carbons (Fsp3) is 0.562. The van der Waals surface area contributed by atoms with Gasteiger partial charge in [-0.05, 0) is 24.6 Å².